The topological polar surface area (TPSA) is 71.1 Å². The lowest BCUT2D eigenvalue weighted by molar-refractivity contribution is -0.137. The van der Waals surface area contributed by atoms with Crippen LogP contribution in [-0.2, 0) is 9.59 Å². The third kappa shape index (κ3) is 4.59. The summed E-state index contributed by atoms with van der Waals surface area (Å²) in [5.41, 5.74) is -0.266. The third-order valence-electron chi connectivity index (χ3n) is 4.54. The molecule has 0 fully saturated rings. The fourth-order valence-electron chi connectivity index (χ4n) is 3.07. The molecule has 1 heterocycles. The molecule has 3 rings (SSSR count). The maximum atomic E-state index is 14.3. The van der Waals surface area contributed by atoms with Gasteiger partial charge >= 0.3 is 11.8 Å². The Morgan fingerprint density at radius 1 is 0.967 bits per heavy atom. The van der Waals surface area contributed by atoms with E-state index in [0.717, 1.165) is 12.1 Å². The fraction of sp³-hybridized carbons (Fsp3) is 0.227. The summed E-state index contributed by atoms with van der Waals surface area (Å²) in [5, 5.41) is 5.35. The van der Waals surface area contributed by atoms with E-state index in [0.29, 0.717) is 5.39 Å². The number of carbonyl (C=O) groups is 2. The van der Waals surface area contributed by atoms with Crippen LogP contribution in [0, 0.1) is 22.9 Å². The predicted molar refractivity (Wildman–Crippen MR) is 107 cm³/mol. The van der Waals surface area contributed by atoms with Gasteiger partial charge in [-0.15, -0.1) is 0 Å². The minimum absolute atomic E-state index is 0.0629. The Morgan fingerprint density at radius 3 is 2.37 bits per heavy atom. The number of anilines is 1. The molecule has 1 unspecified atom stereocenters. The molecule has 0 aliphatic carbocycles. The molecule has 2 aromatic carbocycles. The SMILES string of the molecule is CC(C)(C)C(NC(=O)C(=O)Nc1cnc2c(F)cccc2c1)c1ccc(F)cc1F. The zero-order chi connectivity index (χ0) is 22.1. The van der Waals surface area contributed by atoms with Crippen LogP contribution in [0.3, 0.4) is 0 Å². The Hall–Kier alpha value is -3.42. The Balaban J connectivity index is 1.79. The highest BCUT2D eigenvalue weighted by Gasteiger charge is 2.32. The summed E-state index contributed by atoms with van der Waals surface area (Å²) in [5.74, 6) is -4.07. The Morgan fingerprint density at radius 2 is 1.70 bits per heavy atom. The first-order valence-electron chi connectivity index (χ1n) is 9.17. The van der Waals surface area contributed by atoms with E-state index in [2.05, 4.69) is 15.6 Å². The first-order chi connectivity index (χ1) is 14.1. The first-order valence-corrected chi connectivity index (χ1v) is 9.17. The molecule has 30 heavy (non-hydrogen) atoms. The van der Waals surface area contributed by atoms with Gasteiger partial charge in [-0.05, 0) is 23.6 Å². The summed E-state index contributed by atoms with van der Waals surface area (Å²) in [4.78, 5) is 28.8. The highest BCUT2D eigenvalue weighted by molar-refractivity contribution is 6.39. The second-order valence-electron chi connectivity index (χ2n) is 7.93. The van der Waals surface area contributed by atoms with E-state index < -0.39 is 40.7 Å². The van der Waals surface area contributed by atoms with Gasteiger partial charge in [0.1, 0.15) is 23.0 Å². The number of benzene rings is 2. The number of nitrogens with zero attached hydrogens (tertiary/aromatic N) is 1. The Labute approximate surface area is 171 Å². The number of halogens is 3. The van der Waals surface area contributed by atoms with Crippen molar-refractivity contribution in [1.29, 1.82) is 0 Å². The molecule has 1 atom stereocenters. The van der Waals surface area contributed by atoms with Gasteiger partial charge in [0.2, 0.25) is 0 Å². The predicted octanol–water partition coefficient (Wildman–Crippen LogP) is 4.49. The molecule has 3 aromatic rings. The van der Waals surface area contributed by atoms with Gasteiger partial charge in [-0.1, -0.05) is 39.0 Å². The van der Waals surface area contributed by atoms with E-state index in [-0.39, 0.29) is 16.8 Å². The second kappa shape index (κ2) is 8.14. The number of para-hydroxylation sites is 1. The van der Waals surface area contributed by atoms with Crippen molar-refractivity contribution in [3.8, 4) is 0 Å². The monoisotopic (exact) mass is 415 g/mol. The van der Waals surface area contributed by atoms with Gasteiger partial charge in [0.05, 0.1) is 17.9 Å². The molecule has 0 aliphatic heterocycles. The molecule has 2 N–H and O–H groups in total. The molecule has 0 saturated carbocycles. The van der Waals surface area contributed by atoms with Crippen molar-refractivity contribution in [3.05, 3.63) is 71.7 Å². The van der Waals surface area contributed by atoms with Crippen molar-refractivity contribution in [2.45, 2.75) is 26.8 Å². The molecule has 0 bridgehead atoms. The average Bonchev–Trinajstić information content (AvgIpc) is 2.65. The van der Waals surface area contributed by atoms with E-state index in [1.54, 1.807) is 26.8 Å². The van der Waals surface area contributed by atoms with Crippen LogP contribution in [0.15, 0.2) is 48.7 Å². The summed E-state index contributed by atoms with van der Waals surface area (Å²) in [6.45, 7) is 5.25. The number of fused-ring (bicyclic) bond motifs is 1. The molecule has 2 amide bonds. The van der Waals surface area contributed by atoms with Crippen LogP contribution in [0.2, 0.25) is 0 Å². The van der Waals surface area contributed by atoms with E-state index in [1.165, 1.54) is 30.5 Å². The molecule has 8 heteroatoms. The second-order valence-corrected chi connectivity index (χ2v) is 7.93. The first kappa shape index (κ1) is 21.3. The average molecular weight is 415 g/mol. The highest BCUT2D eigenvalue weighted by atomic mass is 19.1. The molecule has 0 radical (unpaired) electrons. The number of aromatic nitrogens is 1. The summed E-state index contributed by atoms with van der Waals surface area (Å²) in [6.07, 6.45) is 1.23. The number of rotatable bonds is 3. The number of carbonyl (C=O) groups excluding carboxylic acids is 2. The van der Waals surface area contributed by atoms with Crippen LogP contribution >= 0.6 is 0 Å². The lowest BCUT2D eigenvalue weighted by Gasteiger charge is -2.32. The maximum absolute atomic E-state index is 14.3. The Kier molecular flexibility index (Phi) is 5.78. The van der Waals surface area contributed by atoms with E-state index in [9.17, 15) is 22.8 Å². The van der Waals surface area contributed by atoms with E-state index in [4.69, 9.17) is 0 Å². The minimum Gasteiger partial charge on any atom is -0.340 e. The summed E-state index contributed by atoms with van der Waals surface area (Å²) in [7, 11) is 0. The van der Waals surface area contributed by atoms with E-state index >= 15 is 0 Å². The third-order valence-corrected chi connectivity index (χ3v) is 4.54. The highest BCUT2D eigenvalue weighted by Crippen LogP contribution is 2.34. The van der Waals surface area contributed by atoms with Crippen LogP contribution in [0.4, 0.5) is 18.9 Å². The van der Waals surface area contributed by atoms with E-state index in [1.807, 2.05) is 0 Å². The smallest absolute Gasteiger partial charge is 0.313 e. The summed E-state index contributed by atoms with van der Waals surface area (Å²) in [6, 6.07) is 8.03. The molecule has 156 valence electrons. The lowest BCUT2D eigenvalue weighted by atomic mass is 9.82. The molecular weight excluding hydrogens is 395 g/mol. The van der Waals surface area contributed by atoms with Crippen molar-refractivity contribution in [2.75, 3.05) is 5.32 Å². The molecule has 0 aliphatic rings. The number of hydrogen-bond donors (Lipinski definition) is 2. The van der Waals surface area contributed by atoms with Gasteiger partial charge in [0.25, 0.3) is 0 Å². The fourth-order valence-corrected chi connectivity index (χ4v) is 3.07. The van der Waals surface area contributed by atoms with Gasteiger partial charge in [0, 0.05) is 17.0 Å². The molecule has 0 spiro atoms. The quantitative estimate of drug-likeness (QED) is 0.619. The standard InChI is InChI=1S/C22H20F3N3O2/c1-22(2,3)19(15-8-7-13(23)10-17(15)25)28-21(30)20(29)27-14-9-12-5-4-6-16(24)18(12)26-11-14/h4-11,19H,1-3H3,(H,27,29)(H,28,30). The number of hydrogen-bond acceptors (Lipinski definition) is 3. The van der Waals surface area contributed by atoms with Gasteiger partial charge in [-0.3, -0.25) is 14.6 Å². The van der Waals surface area contributed by atoms with Gasteiger partial charge in [0.15, 0.2) is 0 Å². The van der Waals surface area contributed by atoms with Crippen molar-refractivity contribution in [3.63, 3.8) is 0 Å². The van der Waals surface area contributed by atoms with Crippen LogP contribution in [0.5, 0.6) is 0 Å². The molecule has 1 aromatic heterocycles. The molecule has 0 saturated heterocycles. The number of amides is 2. The Bertz CT molecular complexity index is 1130. The van der Waals surface area contributed by atoms with Crippen LogP contribution in [-0.4, -0.2) is 16.8 Å². The van der Waals surface area contributed by atoms with Crippen molar-refractivity contribution < 1.29 is 22.8 Å². The lowest BCUT2D eigenvalue weighted by Crippen LogP contribution is -2.42. The zero-order valence-electron chi connectivity index (χ0n) is 16.6. The largest absolute Gasteiger partial charge is 0.340 e. The normalized spacial score (nSPS) is 12.5. The van der Waals surface area contributed by atoms with Crippen molar-refractivity contribution in [1.82, 2.24) is 10.3 Å². The van der Waals surface area contributed by atoms with Crippen LogP contribution in [0.25, 0.3) is 10.9 Å². The maximum Gasteiger partial charge on any atom is 0.313 e. The van der Waals surface area contributed by atoms with Crippen LogP contribution < -0.4 is 10.6 Å². The number of nitrogens with one attached hydrogen (secondary N) is 2. The number of pyridine rings is 1. The van der Waals surface area contributed by atoms with Crippen molar-refractivity contribution >= 4 is 28.4 Å². The summed E-state index contributed by atoms with van der Waals surface area (Å²) < 4.78 is 41.2. The molecular formula is C22H20F3N3O2. The summed E-state index contributed by atoms with van der Waals surface area (Å²) >= 11 is 0. The van der Waals surface area contributed by atoms with Gasteiger partial charge in [-0.2, -0.15) is 0 Å². The van der Waals surface area contributed by atoms with Gasteiger partial charge in [-0.25, -0.2) is 13.2 Å². The zero-order valence-corrected chi connectivity index (χ0v) is 16.6. The van der Waals surface area contributed by atoms with Gasteiger partial charge < -0.3 is 10.6 Å². The van der Waals surface area contributed by atoms with Crippen molar-refractivity contribution in [2.24, 2.45) is 5.41 Å². The molecule has 5 nitrogen and oxygen atoms in total. The van der Waals surface area contributed by atoms with Crippen LogP contribution in [0.1, 0.15) is 32.4 Å². The minimum atomic E-state index is -1.00.